The number of rotatable bonds is 6. The number of carbonyl (C=O) groups is 1. The SMILES string of the molecule is NS(=O)(=O)c1ccc(CNS(=O)(=O)c2ccc(N3CCCCC3=O)cc2)cc1. The third kappa shape index (κ3) is 4.76. The van der Waals surface area contributed by atoms with Crippen LogP contribution in [-0.4, -0.2) is 29.3 Å². The van der Waals surface area contributed by atoms with Crippen LogP contribution in [0.3, 0.4) is 0 Å². The molecule has 28 heavy (non-hydrogen) atoms. The monoisotopic (exact) mass is 423 g/mol. The van der Waals surface area contributed by atoms with Gasteiger partial charge in [0.05, 0.1) is 9.79 Å². The molecule has 1 aliphatic rings. The third-order valence-electron chi connectivity index (χ3n) is 4.50. The molecule has 0 unspecified atom stereocenters. The summed E-state index contributed by atoms with van der Waals surface area (Å²) in [4.78, 5) is 13.7. The van der Waals surface area contributed by atoms with E-state index in [4.69, 9.17) is 5.14 Å². The number of anilines is 1. The maximum absolute atomic E-state index is 12.5. The Morgan fingerprint density at radius 1 is 0.893 bits per heavy atom. The number of amides is 1. The van der Waals surface area contributed by atoms with Crippen LogP contribution in [-0.2, 0) is 31.4 Å². The fourth-order valence-corrected chi connectivity index (χ4v) is 4.48. The maximum atomic E-state index is 12.5. The molecule has 3 rings (SSSR count). The number of nitrogens with zero attached hydrogens (tertiary/aromatic N) is 1. The highest BCUT2D eigenvalue weighted by Crippen LogP contribution is 2.22. The van der Waals surface area contributed by atoms with Gasteiger partial charge in [-0.25, -0.2) is 26.7 Å². The molecule has 0 atom stereocenters. The fourth-order valence-electron chi connectivity index (χ4n) is 2.94. The maximum Gasteiger partial charge on any atom is 0.240 e. The zero-order chi connectivity index (χ0) is 20.4. The number of primary sulfonamides is 1. The van der Waals surface area contributed by atoms with Gasteiger partial charge in [0.15, 0.2) is 0 Å². The number of hydrogen-bond donors (Lipinski definition) is 2. The van der Waals surface area contributed by atoms with E-state index in [0.29, 0.717) is 24.2 Å². The quantitative estimate of drug-likeness (QED) is 0.725. The van der Waals surface area contributed by atoms with Crippen molar-refractivity contribution >= 4 is 31.6 Å². The molecule has 1 saturated heterocycles. The Labute approximate surface area is 164 Å². The summed E-state index contributed by atoms with van der Waals surface area (Å²) in [6.07, 6.45) is 2.31. The minimum Gasteiger partial charge on any atom is -0.312 e. The largest absolute Gasteiger partial charge is 0.312 e. The highest BCUT2D eigenvalue weighted by atomic mass is 32.2. The lowest BCUT2D eigenvalue weighted by Gasteiger charge is -2.26. The van der Waals surface area contributed by atoms with Crippen LogP contribution in [0, 0.1) is 0 Å². The van der Waals surface area contributed by atoms with Gasteiger partial charge in [0.25, 0.3) is 0 Å². The van der Waals surface area contributed by atoms with Gasteiger partial charge < -0.3 is 4.90 Å². The van der Waals surface area contributed by atoms with E-state index in [1.165, 1.54) is 36.4 Å². The predicted octanol–water partition coefficient (Wildman–Crippen LogP) is 1.33. The lowest BCUT2D eigenvalue weighted by atomic mass is 10.1. The zero-order valence-electron chi connectivity index (χ0n) is 15.0. The minimum atomic E-state index is -3.79. The second-order valence-electron chi connectivity index (χ2n) is 6.51. The van der Waals surface area contributed by atoms with E-state index in [1.807, 2.05) is 0 Å². The number of carbonyl (C=O) groups excluding carboxylic acids is 1. The zero-order valence-corrected chi connectivity index (χ0v) is 16.7. The molecule has 1 fully saturated rings. The molecule has 1 aliphatic heterocycles. The molecule has 2 aromatic rings. The molecule has 150 valence electrons. The van der Waals surface area contributed by atoms with Gasteiger partial charge in [0, 0.05) is 25.2 Å². The lowest BCUT2D eigenvalue weighted by Crippen LogP contribution is -2.35. The summed E-state index contributed by atoms with van der Waals surface area (Å²) in [5.74, 6) is 0.0444. The molecule has 10 heteroatoms. The van der Waals surface area contributed by atoms with Crippen LogP contribution < -0.4 is 14.8 Å². The van der Waals surface area contributed by atoms with Crippen LogP contribution >= 0.6 is 0 Å². The summed E-state index contributed by atoms with van der Waals surface area (Å²) in [7, 11) is -7.54. The van der Waals surface area contributed by atoms with Gasteiger partial charge in [0.1, 0.15) is 0 Å². The average molecular weight is 424 g/mol. The Kier molecular flexibility index (Phi) is 5.84. The normalized spacial score (nSPS) is 15.6. The summed E-state index contributed by atoms with van der Waals surface area (Å²) >= 11 is 0. The van der Waals surface area contributed by atoms with Crippen LogP contribution in [0.1, 0.15) is 24.8 Å². The fraction of sp³-hybridized carbons (Fsp3) is 0.278. The topological polar surface area (TPSA) is 127 Å². The predicted molar refractivity (Wildman–Crippen MR) is 104 cm³/mol. The van der Waals surface area contributed by atoms with Crippen LogP contribution in [0.15, 0.2) is 58.3 Å². The third-order valence-corrected chi connectivity index (χ3v) is 6.85. The van der Waals surface area contributed by atoms with Gasteiger partial charge in [-0.2, -0.15) is 0 Å². The highest BCUT2D eigenvalue weighted by Gasteiger charge is 2.20. The van der Waals surface area contributed by atoms with Crippen molar-refractivity contribution in [2.24, 2.45) is 5.14 Å². The molecule has 1 heterocycles. The number of nitrogens with one attached hydrogen (secondary N) is 1. The van der Waals surface area contributed by atoms with E-state index < -0.39 is 20.0 Å². The van der Waals surface area contributed by atoms with Crippen molar-refractivity contribution in [3.05, 3.63) is 54.1 Å². The van der Waals surface area contributed by atoms with E-state index in [2.05, 4.69) is 4.72 Å². The minimum absolute atomic E-state index is 0.000402. The first kappa shape index (κ1) is 20.5. The average Bonchev–Trinajstić information content (AvgIpc) is 2.67. The number of nitrogens with two attached hydrogens (primary N) is 1. The molecular weight excluding hydrogens is 402 g/mol. The van der Waals surface area contributed by atoms with Crippen LogP contribution in [0.25, 0.3) is 0 Å². The smallest absolute Gasteiger partial charge is 0.240 e. The van der Waals surface area contributed by atoms with Crippen molar-refractivity contribution in [2.45, 2.75) is 35.6 Å². The van der Waals surface area contributed by atoms with Gasteiger partial charge in [-0.1, -0.05) is 12.1 Å². The molecule has 0 aliphatic carbocycles. The van der Waals surface area contributed by atoms with Crippen LogP contribution in [0.4, 0.5) is 5.69 Å². The Bertz CT molecular complexity index is 1060. The molecule has 0 radical (unpaired) electrons. The van der Waals surface area contributed by atoms with Gasteiger partial charge >= 0.3 is 0 Å². The van der Waals surface area contributed by atoms with E-state index >= 15 is 0 Å². The summed E-state index contributed by atoms with van der Waals surface area (Å²) < 4.78 is 49.9. The van der Waals surface area contributed by atoms with E-state index in [1.54, 1.807) is 17.0 Å². The van der Waals surface area contributed by atoms with E-state index in [0.717, 1.165) is 12.8 Å². The van der Waals surface area contributed by atoms with Gasteiger partial charge in [0.2, 0.25) is 26.0 Å². The highest BCUT2D eigenvalue weighted by molar-refractivity contribution is 7.89. The number of sulfonamides is 2. The molecule has 0 spiro atoms. The molecule has 0 saturated carbocycles. The molecule has 2 aromatic carbocycles. The second-order valence-corrected chi connectivity index (χ2v) is 9.84. The Hall–Kier alpha value is -2.27. The molecule has 3 N–H and O–H groups in total. The summed E-state index contributed by atoms with van der Waals surface area (Å²) in [5, 5.41) is 5.04. The van der Waals surface area contributed by atoms with Crippen molar-refractivity contribution in [2.75, 3.05) is 11.4 Å². The molecule has 0 aromatic heterocycles. The number of benzene rings is 2. The standard InChI is InChI=1S/C18H21N3O5S2/c19-27(23,24)16-8-4-14(5-9-16)13-20-28(25,26)17-10-6-15(7-11-17)21-12-2-1-3-18(21)22/h4-11,20H,1-3,12-13H2,(H2,19,23,24). The van der Waals surface area contributed by atoms with Gasteiger partial charge in [-0.15, -0.1) is 0 Å². The van der Waals surface area contributed by atoms with Gasteiger partial charge in [-0.05, 0) is 54.8 Å². The van der Waals surface area contributed by atoms with Gasteiger partial charge in [-0.3, -0.25) is 4.79 Å². The second kappa shape index (κ2) is 8.00. The summed E-state index contributed by atoms with van der Waals surface area (Å²) in [6.45, 7) is 0.636. The first-order valence-electron chi connectivity index (χ1n) is 8.69. The van der Waals surface area contributed by atoms with Crippen molar-refractivity contribution in [3.63, 3.8) is 0 Å². The van der Waals surface area contributed by atoms with E-state index in [-0.39, 0.29) is 22.2 Å². The molecular formula is C18H21N3O5S2. The summed E-state index contributed by atoms with van der Waals surface area (Å²) in [5.41, 5.74) is 1.27. The van der Waals surface area contributed by atoms with Crippen molar-refractivity contribution in [1.29, 1.82) is 0 Å². The summed E-state index contributed by atoms with van der Waals surface area (Å²) in [6, 6.07) is 11.8. The van der Waals surface area contributed by atoms with Crippen molar-refractivity contribution in [3.8, 4) is 0 Å². The van der Waals surface area contributed by atoms with E-state index in [9.17, 15) is 21.6 Å². The van der Waals surface area contributed by atoms with Crippen LogP contribution in [0.2, 0.25) is 0 Å². The Morgan fingerprint density at radius 2 is 1.50 bits per heavy atom. The molecule has 8 nitrogen and oxygen atoms in total. The number of piperidine rings is 1. The van der Waals surface area contributed by atoms with Crippen molar-refractivity contribution in [1.82, 2.24) is 4.72 Å². The molecule has 1 amide bonds. The first-order valence-corrected chi connectivity index (χ1v) is 11.7. The first-order chi connectivity index (χ1) is 13.2. The molecule has 0 bridgehead atoms. The lowest BCUT2D eigenvalue weighted by molar-refractivity contribution is -0.119. The Balaban J connectivity index is 1.68. The van der Waals surface area contributed by atoms with Crippen LogP contribution in [0.5, 0.6) is 0 Å². The van der Waals surface area contributed by atoms with Crippen molar-refractivity contribution < 1.29 is 21.6 Å². The Morgan fingerprint density at radius 3 is 2.07 bits per heavy atom. The number of hydrogen-bond acceptors (Lipinski definition) is 5.